The Kier molecular flexibility index (Phi) is 3.29. The van der Waals surface area contributed by atoms with E-state index in [0.29, 0.717) is 11.8 Å². The quantitative estimate of drug-likeness (QED) is 0.693. The molecule has 2 heterocycles. The molecule has 2 fully saturated rings. The van der Waals surface area contributed by atoms with Crippen molar-refractivity contribution < 1.29 is 9.53 Å². The summed E-state index contributed by atoms with van der Waals surface area (Å²) in [5, 5.41) is 0. The van der Waals surface area contributed by atoms with Crippen LogP contribution in [0.2, 0.25) is 0 Å². The molecule has 0 aromatic carbocycles. The van der Waals surface area contributed by atoms with Crippen molar-refractivity contribution in [1.82, 2.24) is 4.90 Å². The third-order valence-electron chi connectivity index (χ3n) is 3.73. The van der Waals surface area contributed by atoms with Crippen LogP contribution < -0.4 is 0 Å². The zero-order valence-electron chi connectivity index (χ0n) is 9.74. The summed E-state index contributed by atoms with van der Waals surface area (Å²) in [4.78, 5) is 14.0. The highest BCUT2D eigenvalue weighted by atomic mass is 16.5. The van der Waals surface area contributed by atoms with Crippen molar-refractivity contribution in [3.8, 4) is 0 Å². The van der Waals surface area contributed by atoms with Gasteiger partial charge in [-0.15, -0.1) is 0 Å². The van der Waals surface area contributed by atoms with Gasteiger partial charge in [0.15, 0.2) is 0 Å². The molecule has 2 aliphatic heterocycles. The van der Waals surface area contributed by atoms with Gasteiger partial charge < -0.3 is 9.64 Å². The van der Waals surface area contributed by atoms with Crippen LogP contribution in [0.1, 0.15) is 26.7 Å². The van der Waals surface area contributed by atoms with Crippen molar-refractivity contribution in [3.05, 3.63) is 0 Å². The minimum atomic E-state index is 0.242. The minimum absolute atomic E-state index is 0.242. The lowest BCUT2D eigenvalue weighted by atomic mass is 9.86. The maximum Gasteiger partial charge on any atom is 0.225 e. The van der Waals surface area contributed by atoms with Crippen LogP contribution in [0.4, 0.5) is 0 Å². The van der Waals surface area contributed by atoms with Crippen molar-refractivity contribution in [1.29, 1.82) is 0 Å². The average molecular weight is 211 g/mol. The molecule has 2 rings (SSSR count). The van der Waals surface area contributed by atoms with Crippen LogP contribution in [0.5, 0.6) is 0 Å². The molecule has 0 atom stereocenters. The lowest BCUT2D eigenvalue weighted by Gasteiger charge is -2.43. The molecule has 0 aromatic heterocycles. The maximum atomic E-state index is 12.0. The predicted molar refractivity (Wildman–Crippen MR) is 58.5 cm³/mol. The fourth-order valence-electron chi connectivity index (χ4n) is 2.32. The molecule has 0 bridgehead atoms. The Balaban J connectivity index is 1.78. The fourth-order valence-corrected chi connectivity index (χ4v) is 2.32. The molecule has 0 unspecified atom stereocenters. The molecule has 0 radical (unpaired) electrons. The molecule has 1 amide bonds. The molecule has 0 spiro atoms. The number of amides is 1. The molecule has 0 aliphatic carbocycles. The normalized spacial score (nSPS) is 24.3. The predicted octanol–water partition coefficient (Wildman–Crippen LogP) is 1.53. The van der Waals surface area contributed by atoms with Crippen LogP contribution in [0.15, 0.2) is 0 Å². The number of nitrogens with zero attached hydrogens (tertiary/aromatic N) is 1. The first-order chi connectivity index (χ1) is 7.18. The Morgan fingerprint density at radius 2 is 1.87 bits per heavy atom. The van der Waals surface area contributed by atoms with Gasteiger partial charge in [0.25, 0.3) is 0 Å². The summed E-state index contributed by atoms with van der Waals surface area (Å²) in [6.45, 7) is 7.96. The molecule has 3 nitrogen and oxygen atoms in total. The van der Waals surface area contributed by atoms with Crippen LogP contribution in [0.3, 0.4) is 0 Å². The van der Waals surface area contributed by atoms with Gasteiger partial charge in [0, 0.05) is 32.2 Å². The molecule has 0 aromatic rings. The average Bonchev–Trinajstić information content (AvgIpc) is 2.16. The van der Waals surface area contributed by atoms with Gasteiger partial charge in [0.1, 0.15) is 0 Å². The van der Waals surface area contributed by atoms with Crippen LogP contribution in [-0.4, -0.2) is 37.1 Å². The number of carbonyl (C=O) groups is 1. The van der Waals surface area contributed by atoms with E-state index in [4.69, 9.17) is 4.74 Å². The van der Waals surface area contributed by atoms with Crippen molar-refractivity contribution in [2.24, 2.45) is 17.8 Å². The van der Waals surface area contributed by atoms with Crippen molar-refractivity contribution in [3.63, 3.8) is 0 Å². The summed E-state index contributed by atoms with van der Waals surface area (Å²) in [5.41, 5.74) is 0. The van der Waals surface area contributed by atoms with E-state index in [1.54, 1.807) is 0 Å². The zero-order valence-corrected chi connectivity index (χ0v) is 9.74. The van der Waals surface area contributed by atoms with Gasteiger partial charge >= 0.3 is 0 Å². The molecular formula is C12H21NO2. The Labute approximate surface area is 91.8 Å². The monoisotopic (exact) mass is 211 g/mol. The molecule has 86 valence electrons. The van der Waals surface area contributed by atoms with E-state index in [0.717, 1.165) is 45.1 Å². The molecular weight excluding hydrogens is 190 g/mol. The Hall–Kier alpha value is -0.570. The van der Waals surface area contributed by atoms with Gasteiger partial charge in [-0.1, -0.05) is 13.8 Å². The van der Waals surface area contributed by atoms with Crippen LogP contribution in [0, 0.1) is 17.8 Å². The van der Waals surface area contributed by atoms with E-state index < -0.39 is 0 Å². The van der Waals surface area contributed by atoms with Gasteiger partial charge in [-0.25, -0.2) is 0 Å². The Morgan fingerprint density at radius 3 is 2.40 bits per heavy atom. The van der Waals surface area contributed by atoms with E-state index in [1.165, 1.54) is 0 Å². The topological polar surface area (TPSA) is 29.5 Å². The van der Waals surface area contributed by atoms with Gasteiger partial charge in [-0.3, -0.25) is 4.79 Å². The molecule has 2 aliphatic rings. The maximum absolute atomic E-state index is 12.0. The van der Waals surface area contributed by atoms with E-state index in [9.17, 15) is 4.79 Å². The van der Waals surface area contributed by atoms with Gasteiger partial charge in [0.05, 0.1) is 0 Å². The summed E-state index contributed by atoms with van der Waals surface area (Å²) >= 11 is 0. The second kappa shape index (κ2) is 4.52. The molecule has 0 saturated carbocycles. The summed E-state index contributed by atoms with van der Waals surface area (Å²) in [5.74, 6) is 2.06. The molecule has 0 N–H and O–H groups in total. The largest absolute Gasteiger partial charge is 0.381 e. The number of carbonyl (C=O) groups excluding carboxylic acids is 1. The highest BCUT2D eigenvalue weighted by Crippen LogP contribution is 2.27. The highest BCUT2D eigenvalue weighted by Gasteiger charge is 2.35. The number of hydrogen-bond acceptors (Lipinski definition) is 2. The summed E-state index contributed by atoms with van der Waals surface area (Å²) < 4.78 is 5.27. The number of hydrogen-bond donors (Lipinski definition) is 0. The lowest BCUT2D eigenvalue weighted by molar-refractivity contribution is -0.146. The standard InChI is InChI=1S/C12H21NO2/c1-9(2)11-7-13(8-11)12(14)10-3-5-15-6-4-10/h9-11H,3-8H2,1-2H3. The molecule has 2 saturated heterocycles. The number of ether oxygens (including phenoxy) is 1. The Bertz CT molecular complexity index is 228. The van der Waals surface area contributed by atoms with Crippen molar-refractivity contribution in [2.45, 2.75) is 26.7 Å². The van der Waals surface area contributed by atoms with Crippen molar-refractivity contribution in [2.75, 3.05) is 26.3 Å². The van der Waals surface area contributed by atoms with Crippen molar-refractivity contribution >= 4 is 5.91 Å². The number of likely N-dealkylation sites (tertiary alicyclic amines) is 1. The van der Waals surface area contributed by atoms with E-state index in [1.807, 2.05) is 4.90 Å². The summed E-state index contributed by atoms with van der Waals surface area (Å²) in [6.07, 6.45) is 1.84. The van der Waals surface area contributed by atoms with Gasteiger partial charge in [-0.2, -0.15) is 0 Å². The first-order valence-electron chi connectivity index (χ1n) is 6.05. The fraction of sp³-hybridized carbons (Fsp3) is 0.917. The first-order valence-corrected chi connectivity index (χ1v) is 6.05. The second-order valence-electron chi connectivity index (χ2n) is 5.13. The van der Waals surface area contributed by atoms with Crippen LogP contribution in [-0.2, 0) is 9.53 Å². The first kappa shape index (κ1) is 10.9. The smallest absolute Gasteiger partial charge is 0.225 e. The molecule has 3 heteroatoms. The molecule has 15 heavy (non-hydrogen) atoms. The second-order valence-corrected chi connectivity index (χ2v) is 5.13. The van der Waals surface area contributed by atoms with E-state index >= 15 is 0 Å². The van der Waals surface area contributed by atoms with Crippen LogP contribution in [0.25, 0.3) is 0 Å². The lowest BCUT2D eigenvalue weighted by Crippen LogP contribution is -2.54. The summed E-state index contributed by atoms with van der Waals surface area (Å²) in [7, 11) is 0. The third-order valence-corrected chi connectivity index (χ3v) is 3.73. The zero-order chi connectivity index (χ0) is 10.8. The van der Waals surface area contributed by atoms with Gasteiger partial charge in [0.2, 0.25) is 5.91 Å². The summed E-state index contributed by atoms with van der Waals surface area (Å²) in [6, 6.07) is 0. The van der Waals surface area contributed by atoms with Gasteiger partial charge in [-0.05, 0) is 24.7 Å². The third kappa shape index (κ3) is 2.33. The van der Waals surface area contributed by atoms with Crippen LogP contribution >= 0.6 is 0 Å². The van der Waals surface area contributed by atoms with E-state index in [-0.39, 0.29) is 5.92 Å². The highest BCUT2D eigenvalue weighted by molar-refractivity contribution is 5.79. The minimum Gasteiger partial charge on any atom is -0.381 e. The number of rotatable bonds is 2. The SMILES string of the molecule is CC(C)C1CN(C(=O)C2CCOCC2)C1. The van der Waals surface area contributed by atoms with E-state index in [2.05, 4.69) is 13.8 Å². The Morgan fingerprint density at radius 1 is 1.27 bits per heavy atom.